The van der Waals surface area contributed by atoms with E-state index in [-0.39, 0.29) is 36.9 Å². The van der Waals surface area contributed by atoms with E-state index in [2.05, 4.69) is 25.6 Å². The summed E-state index contributed by atoms with van der Waals surface area (Å²) in [5, 5.41) is 24.3. The highest BCUT2D eigenvalue weighted by Gasteiger charge is 2.40. The van der Waals surface area contributed by atoms with Crippen LogP contribution in [-0.2, 0) is 16.1 Å². The first-order valence-electron chi connectivity index (χ1n) is 11.3. The molecule has 0 saturated carbocycles. The number of hydrogen-bond acceptors (Lipinski definition) is 8. The van der Waals surface area contributed by atoms with Crippen molar-refractivity contribution in [3.05, 3.63) is 60.6 Å². The Labute approximate surface area is 208 Å². The van der Waals surface area contributed by atoms with Crippen molar-refractivity contribution >= 4 is 34.4 Å². The molecule has 3 aromatic heterocycles. The summed E-state index contributed by atoms with van der Waals surface area (Å²) < 4.78 is 15.6. The average Bonchev–Trinajstić information content (AvgIpc) is 3.45. The molecule has 2 atom stereocenters. The van der Waals surface area contributed by atoms with E-state index >= 15 is 0 Å². The van der Waals surface area contributed by atoms with E-state index in [1.165, 1.54) is 29.1 Å². The zero-order chi connectivity index (χ0) is 26.1. The summed E-state index contributed by atoms with van der Waals surface area (Å²) in [5.41, 5.74) is 7.48. The number of rotatable bonds is 6. The summed E-state index contributed by atoms with van der Waals surface area (Å²) in [5.74, 6) is -2.19. The van der Waals surface area contributed by atoms with Crippen LogP contribution < -0.4 is 11.1 Å². The van der Waals surface area contributed by atoms with Crippen molar-refractivity contribution in [2.45, 2.75) is 25.2 Å². The van der Waals surface area contributed by atoms with Crippen molar-refractivity contribution in [2.75, 3.05) is 11.9 Å². The fraction of sp³-hybridized carbons (Fsp3) is 0.208. The van der Waals surface area contributed by atoms with E-state index in [1.807, 2.05) is 0 Å². The van der Waals surface area contributed by atoms with Crippen molar-refractivity contribution in [3.8, 4) is 17.0 Å². The third kappa shape index (κ3) is 4.78. The van der Waals surface area contributed by atoms with Gasteiger partial charge < -0.3 is 21.1 Å². The molecule has 0 aliphatic carbocycles. The Bertz CT molecular complexity index is 1510. The first-order valence-corrected chi connectivity index (χ1v) is 11.3. The quantitative estimate of drug-likeness (QED) is 0.353. The number of nitrogens with zero attached hydrogens (tertiary/aromatic N) is 6. The van der Waals surface area contributed by atoms with Gasteiger partial charge in [-0.05, 0) is 29.8 Å². The molecule has 2 unspecified atom stereocenters. The lowest BCUT2D eigenvalue weighted by atomic mass is 10.0. The maximum absolute atomic E-state index is 14.3. The highest BCUT2D eigenvalue weighted by Crippen LogP contribution is 2.27. The Hall–Kier alpha value is -4.94. The van der Waals surface area contributed by atoms with Gasteiger partial charge in [0.1, 0.15) is 24.6 Å². The number of primary amides is 1. The summed E-state index contributed by atoms with van der Waals surface area (Å²) in [6.45, 7) is -0.619. The number of aromatic hydroxyl groups is 1. The molecule has 5 rings (SSSR count). The molecular formula is C24H21FN8O4. The number of nitrogens with two attached hydrogens (primary N) is 1. The van der Waals surface area contributed by atoms with E-state index < -0.39 is 29.9 Å². The van der Waals surface area contributed by atoms with Gasteiger partial charge in [0.05, 0.1) is 24.5 Å². The van der Waals surface area contributed by atoms with E-state index in [0.717, 1.165) is 16.0 Å². The standard InChI is InChI=1S/C24H21FN8O4/c25-15-9-18(24(37)30-19-2-1-3-20(34)29-19)32(11-15)21(35)12-33-17-5-4-13(14-6-7-27-28-10-14)8-16(17)22(31-33)23(26)36/h1-8,10,15,18H,9,11-12H2,(H2,26,36)(H2,29,30,34,37). The predicted octanol–water partition coefficient (Wildman–Crippen LogP) is 1.27. The van der Waals surface area contributed by atoms with Crippen LogP contribution in [0, 0.1) is 0 Å². The largest absolute Gasteiger partial charge is 0.493 e. The minimum Gasteiger partial charge on any atom is -0.493 e. The molecule has 13 heteroatoms. The van der Waals surface area contributed by atoms with Crippen molar-refractivity contribution in [1.82, 2.24) is 29.9 Å². The van der Waals surface area contributed by atoms with Crippen molar-refractivity contribution < 1.29 is 23.9 Å². The molecule has 1 fully saturated rings. The second-order valence-electron chi connectivity index (χ2n) is 8.50. The summed E-state index contributed by atoms with van der Waals surface area (Å²) in [6, 6.07) is 10.1. The monoisotopic (exact) mass is 504 g/mol. The van der Waals surface area contributed by atoms with Crippen molar-refractivity contribution in [3.63, 3.8) is 0 Å². The number of carbonyl (C=O) groups is 3. The molecule has 188 valence electrons. The maximum atomic E-state index is 14.3. The van der Waals surface area contributed by atoms with Gasteiger partial charge in [0.2, 0.25) is 17.7 Å². The normalized spacial score (nSPS) is 17.2. The van der Waals surface area contributed by atoms with Crippen LogP contribution >= 0.6 is 0 Å². The minimum atomic E-state index is -1.40. The lowest BCUT2D eigenvalue weighted by Crippen LogP contribution is -2.44. The summed E-state index contributed by atoms with van der Waals surface area (Å²) in [6.07, 6.45) is 1.51. The van der Waals surface area contributed by atoms with Crippen LogP contribution in [0.3, 0.4) is 0 Å². The summed E-state index contributed by atoms with van der Waals surface area (Å²) in [7, 11) is 0. The Morgan fingerprint density at radius 2 is 1.97 bits per heavy atom. The molecule has 4 heterocycles. The third-order valence-corrected chi connectivity index (χ3v) is 6.05. The van der Waals surface area contributed by atoms with E-state index in [1.54, 1.807) is 30.5 Å². The molecule has 37 heavy (non-hydrogen) atoms. The highest BCUT2D eigenvalue weighted by molar-refractivity contribution is 6.05. The summed E-state index contributed by atoms with van der Waals surface area (Å²) in [4.78, 5) is 43.1. The SMILES string of the molecule is NC(=O)c1nn(CC(=O)N2CC(F)CC2C(=O)Nc2cccc(O)n2)c2ccc(-c3ccnnc3)cc12. The summed E-state index contributed by atoms with van der Waals surface area (Å²) >= 11 is 0. The smallest absolute Gasteiger partial charge is 0.269 e. The molecule has 0 bridgehead atoms. The molecule has 0 spiro atoms. The highest BCUT2D eigenvalue weighted by atomic mass is 19.1. The molecule has 1 saturated heterocycles. The van der Waals surface area contributed by atoms with Crippen LogP contribution in [0.5, 0.6) is 5.88 Å². The van der Waals surface area contributed by atoms with Crippen LogP contribution in [0.4, 0.5) is 10.2 Å². The fourth-order valence-corrected chi connectivity index (χ4v) is 4.35. The van der Waals surface area contributed by atoms with Crippen LogP contribution in [-0.4, -0.2) is 71.4 Å². The topological polar surface area (TPSA) is 169 Å². The van der Waals surface area contributed by atoms with Crippen LogP contribution in [0.25, 0.3) is 22.0 Å². The number of fused-ring (bicyclic) bond motifs is 1. The van der Waals surface area contributed by atoms with Crippen LogP contribution in [0.2, 0.25) is 0 Å². The lowest BCUT2D eigenvalue weighted by molar-refractivity contribution is -0.137. The van der Waals surface area contributed by atoms with Gasteiger partial charge >= 0.3 is 0 Å². The second kappa shape index (κ2) is 9.60. The number of halogens is 1. The number of aromatic nitrogens is 5. The molecule has 1 aromatic carbocycles. The molecule has 0 radical (unpaired) electrons. The number of hydrogen-bond donors (Lipinski definition) is 3. The first-order chi connectivity index (χ1) is 17.8. The van der Waals surface area contributed by atoms with E-state index in [9.17, 15) is 23.9 Å². The molecule has 12 nitrogen and oxygen atoms in total. The second-order valence-corrected chi connectivity index (χ2v) is 8.50. The number of anilines is 1. The van der Waals surface area contributed by atoms with Gasteiger partial charge in [0, 0.05) is 23.4 Å². The first kappa shape index (κ1) is 23.8. The molecule has 1 aliphatic heterocycles. The number of likely N-dealkylation sites (tertiary alicyclic amines) is 1. The van der Waals surface area contributed by atoms with E-state index in [4.69, 9.17) is 5.73 Å². The third-order valence-electron chi connectivity index (χ3n) is 6.05. The molecular weight excluding hydrogens is 483 g/mol. The zero-order valence-electron chi connectivity index (χ0n) is 19.3. The number of amides is 3. The zero-order valence-corrected chi connectivity index (χ0v) is 19.3. The fourth-order valence-electron chi connectivity index (χ4n) is 4.35. The molecule has 4 aromatic rings. The van der Waals surface area contributed by atoms with Gasteiger partial charge in [0.25, 0.3) is 5.91 Å². The number of pyridine rings is 1. The minimum absolute atomic E-state index is 0.0271. The Morgan fingerprint density at radius 1 is 1.14 bits per heavy atom. The Morgan fingerprint density at radius 3 is 2.70 bits per heavy atom. The number of benzene rings is 1. The molecule has 3 amide bonds. The lowest BCUT2D eigenvalue weighted by Gasteiger charge is -2.23. The van der Waals surface area contributed by atoms with Gasteiger partial charge in [-0.25, -0.2) is 4.39 Å². The Balaban J connectivity index is 1.41. The van der Waals surface area contributed by atoms with Gasteiger partial charge in [-0.15, -0.1) is 0 Å². The number of alkyl halides is 1. The van der Waals surface area contributed by atoms with Crippen molar-refractivity contribution in [2.24, 2.45) is 5.73 Å². The van der Waals surface area contributed by atoms with Gasteiger partial charge in [0.15, 0.2) is 5.69 Å². The van der Waals surface area contributed by atoms with Crippen LogP contribution in [0.1, 0.15) is 16.9 Å². The van der Waals surface area contributed by atoms with Gasteiger partial charge in [-0.1, -0.05) is 12.1 Å². The van der Waals surface area contributed by atoms with Gasteiger partial charge in [-0.2, -0.15) is 20.3 Å². The van der Waals surface area contributed by atoms with Gasteiger partial charge in [-0.3, -0.25) is 19.1 Å². The average molecular weight is 504 g/mol. The maximum Gasteiger partial charge on any atom is 0.269 e. The van der Waals surface area contributed by atoms with Crippen molar-refractivity contribution in [1.29, 1.82) is 0 Å². The van der Waals surface area contributed by atoms with Crippen LogP contribution in [0.15, 0.2) is 54.9 Å². The molecule has 1 aliphatic rings. The Kier molecular flexibility index (Phi) is 6.17. The number of carbonyl (C=O) groups excluding carboxylic acids is 3. The number of nitrogens with one attached hydrogen (secondary N) is 1. The van der Waals surface area contributed by atoms with E-state index in [0.29, 0.717) is 10.9 Å². The predicted molar refractivity (Wildman–Crippen MR) is 129 cm³/mol. The molecule has 4 N–H and O–H groups in total.